The lowest BCUT2D eigenvalue weighted by Crippen LogP contribution is -2.44. The first-order valence-corrected chi connectivity index (χ1v) is 3.89. The molecule has 2 aliphatic heterocycles. The lowest BCUT2D eigenvalue weighted by molar-refractivity contribution is 0.0712. The topological polar surface area (TPSA) is 49.8 Å². The van der Waals surface area contributed by atoms with Gasteiger partial charge in [-0.05, 0) is 12.8 Å². The minimum absolute atomic E-state index is 0.228. The van der Waals surface area contributed by atoms with Crippen molar-refractivity contribution in [3.8, 4) is 0 Å². The number of fused-ring (bicyclic) bond motifs is 1. The molecule has 11 heavy (non-hydrogen) atoms. The lowest BCUT2D eigenvalue weighted by Gasteiger charge is -2.29. The summed E-state index contributed by atoms with van der Waals surface area (Å²) in [5, 5.41) is 9.22. The number of amides is 1. The molecule has 0 aromatic carbocycles. The molecule has 62 valence electrons. The van der Waals surface area contributed by atoms with Crippen LogP contribution in [0.15, 0.2) is 0 Å². The number of rotatable bonds is 0. The van der Waals surface area contributed by atoms with Crippen molar-refractivity contribution in [1.82, 2.24) is 4.90 Å². The average molecular weight is 157 g/mol. The Morgan fingerprint density at radius 2 is 2.36 bits per heavy atom. The molecule has 2 atom stereocenters. The van der Waals surface area contributed by atoms with Gasteiger partial charge in [-0.15, -0.1) is 0 Å². The van der Waals surface area contributed by atoms with Crippen molar-refractivity contribution < 1.29 is 14.6 Å². The van der Waals surface area contributed by atoms with Gasteiger partial charge in [0.1, 0.15) is 6.61 Å². The van der Waals surface area contributed by atoms with Gasteiger partial charge < -0.3 is 9.84 Å². The number of carbonyl (C=O) groups is 1. The molecule has 1 N–H and O–H groups in total. The van der Waals surface area contributed by atoms with E-state index in [4.69, 9.17) is 4.74 Å². The average Bonchev–Trinajstić information content (AvgIpc) is 2.33. The number of cyclic esters (lactones) is 1. The third-order valence-corrected chi connectivity index (χ3v) is 2.32. The molecule has 1 unspecified atom stereocenters. The maximum absolute atomic E-state index is 10.9. The predicted molar refractivity (Wildman–Crippen MR) is 37.1 cm³/mol. The zero-order valence-electron chi connectivity index (χ0n) is 6.19. The molecule has 0 saturated carbocycles. The standard InChI is InChI=1S/C7H11NO3/c9-6-2-1-5-4-11-7(10)8(5)3-6/h5-6,9H,1-4H2/t5?,6-/m0/s1. The van der Waals surface area contributed by atoms with Crippen LogP contribution in [0.3, 0.4) is 0 Å². The van der Waals surface area contributed by atoms with Crippen LogP contribution in [0.25, 0.3) is 0 Å². The Morgan fingerprint density at radius 3 is 3.18 bits per heavy atom. The SMILES string of the molecule is O=C1OCC2CC[C@H](O)CN12. The van der Waals surface area contributed by atoms with Crippen molar-refractivity contribution in [2.75, 3.05) is 13.2 Å². The zero-order valence-corrected chi connectivity index (χ0v) is 6.19. The van der Waals surface area contributed by atoms with Crippen LogP contribution in [-0.2, 0) is 4.74 Å². The summed E-state index contributed by atoms with van der Waals surface area (Å²) in [6, 6.07) is 0.228. The molecule has 2 fully saturated rings. The molecule has 1 amide bonds. The predicted octanol–water partition coefficient (Wildman–Crippen LogP) is -0.0381. The van der Waals surface area contributed by atoms with Crippen LogP contribution in [-0.4, -0.2) is 41.4 Å². The maximum atomic E-state index is 10.9. The van der Waals surface area contributed by atoms with Gasteiger partial charge in [-0.25, -0.2) is 4.79 Å². The van der Waals surface area contributed by atoms with Gasteiger partial charge in [0.2, 0.25) is 0 Å². The van der Waals surface area contributed by atoms with Crippen LogP contribution < -0.4 is 0 Å². The van der Waals surface area contributed by atoms with Gasteiger partial charge in [-0.1, -0.05) is 0 Å². The van der Waals surface area contributed by atoms with Crippen LogP contribution in [0.2, 0.25) is 0 Å². The van der Waals surface area contributed by atoms with E-state index in [-0.39, 0.29) is 18.2 Å². The van der Waals surface area contributed by atoms with Crippen molar-refractivity contribution in [1.29, 1.82) is 0 Å². The summed E-state index contributed by atoms with van der Waals surface area (Å²) in [6.45, 7) is 0.953. The Kier molecular flexibility index (Phi) is 1.49. The van der Waals surface area contributed by atoms with Crippen molar-refractivity contribution >= 4 is 6.09 Å². The lowest BCUT2D eigenvalue weighted by atomic mass is 10.0. The van der Waals surface area contributed by atoms with E-state index in [1.807, 2.05) is 0 Å². The minimum Gasteiger partial charge on any atom is -0.447 e. The van der Waals surface area contributed by atoms with E-state index in [1.165, 1.54) is 0 Å². The summed E-state index contributed by atoms with van der Waals surface area (Å²) in [4.78, 5) is 12.6. The van der Waals surface area contributed by atoms with Crippen LogP contribution in [0.1, 0.15) is 12.8 Å². The normalized spacial score (nSPS) is 36.8. The van der Waals surface area contributed by atoms with Crippen molar-refractivity contribution in [3.63, 3.8) is 0 Å². The molecule has 2 aliphatic rings. The smallest absolute Gasteiger partial charge is 0.410 e. The van der Waals surface area contributed by atoms with Crippen LogP contribution in [0.5, 0.6) is 0 Å². The second-order valence-electron chi connectivity index (χ2n) is 3.11. The van der Waals surface area contributed by atoms with Crippen LogP contribution in [0, 0.1) is 0 Å². The fourth-order valence-electron chi connectivity index (χ4n) is 1.66. The van der Waals surface area contributed by atoms with Crippen molar-refractivity contribution in [2.24, 2.45) is 0 Å². The second kappa shape index (κ2) is 2.37. The highest BCUT2D eigenvalue weighted by Gasteiger charge is 2.37. The Bertz CT molecular complexity index is 183. The Morgan fingerprint density at radius 1 is 1.55 bits per heavy atom. The molecule has 0 aliphatic carbocycles. The fourth-order valence-corrected chi connectivity index (χ4v) is 1.66. The number of ether oxygens (including phenoxy) is 1. The minimum atomic E-state index is -0.350. The van der Waals surface area contributed by atoms with Crippen molar-refractivity contribution in [2.45, 2.75) is 25.0 Å². The number of nitrogens with zero attached hydrogens (tertiary/aromatic N) is 1. The molecule has 2 saturated heterocycles. The van der Waals surface area contributed by atoms with E-state index in [0.29, 0.717) is 13.2 Å². The molecular formula is C7H11NO3. The highest BCUT2D eigenvalue weighted by Crippen LogP contribution is 2.23. The van der Waals surface area contributed by atoms with Crippen molar-refractivity contribution in [3.05, 3.63) is 0 Å². The largest absolute Gasteiger partial charge is 0.447 e. The van der Waals surface area contributed by atoms with Gasteiger partial charge >= 0.3 is 6.09 Å². The van der Waals surface area contributed by atoms with Crippen LogP contribution in [0.4, 0.5) is 4.79 Å². The molecule has 0 radical (unpaired) electrons. The number of aliphatic hydroxyl groups is 1. The van der Waals surface area contributed by atoms with Gasteiger partial charge in [0.15, 0.2) is 0 Å². The van der Waals surface area contributed by atoms with E-state index >= 15 is 0 Å². The monoisotopic (exact) mass is 157 g/mol. The molecule has 0 aromatic heterocycles. The molecule has 0 bridgehead atoms. The highest BCUT2D eigenvalue weighted by atomic mass is 16.6. The number of carbonyl (C=O) groups excluding carboxylic acids is 1. The third kappa shape index (κ3) is 1.07. The highest BCUT2D eigenvalue weighted by molar-refractivity contribution is 5.70. The molecular weight excluding hydrogens is 146 g/mol. The first kappa shape index (κ1) is 6.91. The molecule has 2 heterocycles. The van der Waals surface area contributed by atoms with Gasteiger partial charge in [-0.2, -0.15) is 0 Å². The number of piperidine rings is 1. The van der Waals surface area contributed by atoms with E-state index in [9.17, 15) is 9.90 Å². The Labute approximate surface area is 64.7 Å². The molecule has 2 rings (SSSR count). The third-order valence-electron chi connectivity index (χ3n) is 2.32. The van der Waals surface area contributed by atoms with E-state index in [2.05, 4.69) is 0 Å². The molecule has 0 spiro atoms. The van der Waals surface area contributed by atoms with E-state index < -0.39 is 0 Å². The molecule has 0 aromatic rings. The summed E-state index contributed by atoms with van der Waals surface area (Å²) in [5.74, 6) is 0. The second-order valence-corrected chi connectivity index (χ2v) is 3.11. The molecule has 4 nitrogen and oxygen atoms in total. The maximum Gasteiger partial charge on any atom is 0.410 e. The summed E-state index contributed by atoms with van der Waals surface area (Å²) in [5.41, 5.74) is 0. The molecule has 4 heteroatoms. The van der Waals surface area contributed by atoms with Gasteiger partial charge in [0.05, 0.1) is 18.7 Å². The summed E-state index contributed by atoms with van der Waals surface area (Å²) >= 11 is 0. The number of aliphatic hydroxyl groups excluding tert-OH is 1. The van der Waals surface area contributed by atoms with E-state index in [0.717, 1.165) is 12.8 Å². The zero-order chi connectivity index (χ0) is 7.84. The van der Waals surface area contributed by atoms with Gasteiger partial charge in [0.25, 0.3) is 0 Å². The first-order valence-electron chi connectivity index (χ1n) is 3.89. The summed E-state index contributed by atoms with van der Waals surface area (Å²) in [7, 11) is 0. The fraction of sp³-hybridized carbons (Fsp3) is 0.857. The Balaban J connectivity index is 2.07. The summed E-state index contributed by atoms with van der Waals surface area (Å²) in [6.07, 6.45) is 1.04. The van der Waals surface area contributed by atoms with Gasteiger partial charge in [0, 0.05) is 0 Å². The Hall–Kier alpha value is -0.770. The number of hydrogen-bond acceptors (Lipinski definition) is 3. The van der Waals surface area contributed by atoms with Crippen LogP contribution >= 0.6 is 0 Å². The van der Waals surface area contributed by atoms with E-state index in [1.54, 1.807) is 4.90 Å². The summed E-state index contributed by atoms with van der Waals surface area (Å²) < 4.78 is 4.82. The van der Waals surface area contributed by atoms with Gasteiger partial charge in [-0.3, -0.25) is 4.90 Å². The first-order chi connectivity index (χ1) is 5.27. The number of hydrogen-bond donors (Lipinski definition) is 1. The quantitative estimate of drug-likeness (QED) is 0.537.